The van der Waals surface area contributed by atoms with Gasteiger partial charge in [-0.1, -0.05) is 24.6 Å². The molecule has 0 aliphatic carbocycles. The van der Waals surface area contributed by atoms with Gasteiger partial charge in [-0.2, -0.15) is 9.61 Å². The van der Waals surface area contributed by atoms with E-state index in [1.54, 1.807) is 10.6 Å². The maximum absolute atomic E-state index is 6.16. The molecule has 0 spiro atoms. The smallest absolute Gasteiger partial charge is 0.162 e. The van der Waals surface area contributed by atoms with Gasteiger partial charge in [-0.3, -0.25) is 0 Å². The van der Waals surface area contributed by atoms with Crippen molar-refractivity contribution in [2.45, 2.75) is 26.8 Å². The summed E-state index contributed by atoms with van der Waals surface area (Å²) < 4.78 is 3.82. The highest BCUT2D eigenvalue weighted by molar-refractivity contribution is 6.29. The minimum Gasteiger partial charge on any atom is -0.364 e. The van der Waals surface area contributed by atoms with Crippen LogP contribution in [0.5, 0.6) is 0 Å². The first kappa shape index (κ1) is 15.0. The van der Waals surface area contributed by atoms with Gasteiger partial charge < -0.3 is 9.72 Å². The van der Waals surface area contributed by atoms with Crippen molar-refractivity contribution in [2.75, 3.05) is 5.32 Å². The van der Waals surface area contributed by atoms with E-state index in [0.29, 0.717) is 11.7 Å². The van der Waals surface area contributed by atoms with Crippen molar-refractivity contribution in [3.8, 4) is 0 Å². The zero-order valence-electron chi connectivity index (χ0n) is 13.5. The second-order valence-corrected chi connectivity index (χ2v) is 6.12. The van der Waals surface area contributed by atoms with Gasteiger partial charge in [-0.25, -0.2) is 9.97 Å². The highest BCUT2D eigenvalue weighted by atomic mass is 35.5. The molecule has 6 nitrogen and oxygen atoms in total. The summed E-state index contributed by atoms with van der Waals surface area (Å²) in [7, 11) is 0. The molecule has 0 radical (unpaired) electrons. The molecule has 0 aliphatic rings. The first-order valence-electron chi connectivity index (χ1n) is 7.86. The van der Waals surface area contributed by atoms with Gasteiger partial charge in [0.2, 0.25) is 0 Å². The lowest BCUT2D eigenvalue weighted by atomic mass is 10.3. The van der Waals surface area contributed by atoms with E-state index in [2.05, 4.69) is 40.3 Å². The second-order valence-electron chi connectivity index (χ2n) is 5.73. The van der Waals surface area contributed by atoms with Crippen LogP contribution in [0.15, 0.2) is 36.8 Å². The maximum atomic E-state index is 6.16. The van der Waals surface area contributed by atoms with Crippen LogP contribution in [-0.4, -0.2) is 24.0 Å². The number of pyridine rings is 1. The Labute approximate surface area is 144 Å². The predicted molar refractivity (Wildman–Crippen MR) is 94.6 cm³/mol. The lowest BCUT2D eigenvalue weighted by Gasteiger charge is -2.07. The summed E-state index contributed by atoms with van der Waals surface area (Å²) in [5.74, 6) is 0.804. The molecule has 1 N–H and O–H groups in total. The van der Waals surface area contributed by atoms with Crippen LogP contribution in [0.4, 0.5) is 5.82 Å². The molecule has 4 aromatic rings. The Morgan fingerprint density at radius 2 is 2.12 bits per heavy atom. The van der Waals surface area contributed by atoms with Crippen molar-refractivity contribution in [3.05, 3.63) is 58.8 Å². The van der Waals surface area contributed by atoms with Gasteiger partial charge >= 0.3 is 0 Å². The molecule has 0 aliphatic heterocycles. The number of halogens is 1. The monoisotopic (exact) mass is 340 g/mol. The lowest BCUT2D eigenvalue weighted by Crippen LogP contribution is -2.06. The van der Waals surface area contributed by atoms with Crippen LogP contribution in [0.3, 0.4) is 0 Å². The number of aromatic nitrogens is 5. The minimum atomic E-state index is 0.450. The lowest BCUT2D eigenvalue weighted by molar-refractivity contribution is 0.920. The van der Waals surface area contributed by atoms with E-state index >= 15 is 0 Å². The van der Waals surface area contributed by atoms with Crippen molar-refractivity contribution in [3.63, 3.8) is 0 Å². The largest absolute Gasteiger partial charge is 0.364 e. The fraction of sp³-hybridized carbons (Fsp3) is 0.235. The third kappa shape index (κ3) is 2.49. The molecule has 0 saturated heterocycles. The van der Waals surface area contributed by atoms with Crippen molar-refractivity contribution in [1.82, 2.24) is 24.0 Å². The molecule has 4 rings (SSSR count). The molecule has 7 heteroatoms. The average Bonchev–Trinajstić information content (AvgIpc) is 3.16. The summed E-state index contributed by atoms with van der Waals surface area (Å²) in [5, 5.41) is 8.22. The fourth-order valence-corrected chi connectivity index (χ4v) is 3.01. The number of hydrogen-bond acceptors (Lipinski definition) is 4. The Kier molecular flexibility index (Phi) is 3.61. The molecule has 24 heavy (non-hydrogen) atoms. The van der Waals surface area contributed by atoms with Gasteiger partial charge in [0.05, 0.1) is 18.4 Å². The standard InChI is InChI=1S/C17H17ClN6/c1-3-12-8-20-24-15(7-14(18)22-17(12)24)19-9-13-10-23-6-4-5-11(2)16(23)21-13/h4-8,10,19H,3,9H2,1-2H3. The van der Waals surface area contributed by atoms with Crippen molar-refractivity contribution in [2.24, 2.45) is 0 Å². The van der Waals surface area contributed by atoms with Crippen LogP contribution in [-0.2, 0) is 13.0 Å². The third-order valence-electron chi connectivity index (χ3n) is 4.07. The van der Waals surface area contributed by atoms with E-state index in [1.165, 1.54) is 0 Å². The van der Waals surface area contributed by atoms with Gasteiger partial charge in [0.15, 0.2) is 5.65 Å². The Morgan fingerprint density at radius 3 is 2.92 bits per heavy atom. The highest BCUT2D eigenvalue weighted by Crippen LogP contribution is 2.20. The topological polar surface area (TPSA) is 59.5 Å². The summed E-state index contributed by atoms with van der Waals surface area (Å²) >= 11 is 6.16. The molecule has 0 bridgehead atoms. The quantitative estimate of drug-likeness (QED) is 0.577. The van der Waals surface area contributed by atoms with E-state index in [1.807, 2.05) is 29.1 Å². The Balaban J connectivity index is 1.66. The molecule has 0 saturated carbocycles. The number of hydrogen-bond donors (Lipinski definition) is 1. The molecule has 0 amide bonds. The number of anilines is 1. The SMILES string of the molecule is CCc1cnn2c(NCc3cn4cccc(C)c4n3)cc(Cl)nc12. The fourth-order valence-electron chi connectivity index (χ4n) is 2.82. The van der Waals surface area contributed by atoms with Crippen molar-refractivity contribution >= 4 is 28.7 Å². The Morgan fingerprint density at radius 1 is 1.25 bits per heavy atom. The van der Waals surface area contributed by atoms with E-state index in [9.17, 15) is 0 Å². The van der Waals surface area contributed by atoms with E-state index in [0.717, 1.165) is 40.4 Å². The van der Waals surface area contributed by atoms with Gasteiger partial charge in [-0.05, 0) is 25.0 Å². The third-order valence-corrected chi connectivity index (χ3v) is 4.27. The molecule has 0 aromatic carbocycles. The number of aryl methyl sites for hydroxylation is 2. The van der Waals surface area contributed by atoms with Gasteiger partial charge in [0.25, 0.3) is 0 Å². The van der Waals surface area contributed by atoms with Crippen LogP contribution in [0.2, 0.25) is 5.15 Å². The van der Waals surface area contributed by atoms with Gasteiger partial charge in [0, 0.05) is 24.0 Å². The first-order chi connectivity index (χ1) is 11.7. The van der Waals surface area contributed by atoms with Gasteiger partial charge in [0.1, 0.15) is 16.6 Å². The van der Waals surface area contributed by atoms with Crippen LogP contribution in [0.1, 0.15) is 23.7 Å². The number of nitrogens with zero attached hydrogens (tertiary/aromatic N) is 5. The molecule has 4 aromatic heterocycles. The number of fused-ring (bicyclic) bond motifs is 2. The molecular weight excluding hydrogens is 324 g/mol. The van der Waals surface area contributed by atoms with E-state index in [4.69, 9.17) is 11.6 Å². The molecule has 122 valence electrons. The van der Waals surface area contributed by atoms with E-state index < -0.39 is 0 Å². The summed E-state index contributed by atoms with van der Waals surface area (Å²) in [6.45, 7) is 4.71. The Hall–Kier alpha value is -2.60. The summed E-state index contributed by atoms with van der Waals surface area (Å²) in [6.07, 6.45) is 6.72. The van der Waals surface area contributed by atoms with Crippen LogP contribution in [0, 0.1) is 6.92 Å². The highest BCUT2D eigenvalue weighted by Gasteiger charge is 2.10. The first-order valence-corrected chi connectivity index (χ1v) is 8.23. The second kappa shape index (κ2) is 5.79. The molecule has 0 atom stereocenters. The molecule has 4 heterocycles. The summed E-state index contributed by atoms with van der Waals surface area (Å²) in [5.41, 5.74) is 4.94. The van der Waals surface area contributed by atoms with Crippen molar-refractivity contribution < 1.29 is 0 Å². The summed E-state index contributed by atoms with van der Waals surface area (Å²) in [4.78, 5) is 9.05. The average molecular weight is 341 g/mol. The van der Waals surface area contributed by atoms with Crippen molar-refractivity contribution in [1.29, 1.82) is 0 Å². The minimum absolute atomic E-state index is 0.450. The zero-order chi connectivity index (χ0) is 16.7. The molecule has 0 unspecified atom stereocenters. The number of nitrogens with one attached hydrogen (secondary N) is 1. The van der Waals surface area contributed by atoms with Crippen LogP contribution < -0.4 is 5.32 Å². The maximum Gasteiger partial charge on any atom is 0.162 e. The molecule has 0 fully saturated rings. The Bertz CT molecular complexity index is 1030. The van der Waals surface area contributed by atoms with Crippen LogP contribution in [0.25, 0.3) is 11.3 Å². The predicted octanol–water partition coefficient (Wildman–Crippen LogP) is 3.51. The van der Waals surface area contributed by atoms with Gasteiger partial charge in [-0.15, -0.1) is 0 Å². The van der Waals surface area contributed by atoms with Crippen LogP contribution >= 0.6 is 11.6 Å². The zero-order valence-corrected chi connectivity index (χ0v) is 14.2. The number of imidazole rings is 1. The normalized spacial score (nSPS) is 11.5. The summed E-state index contributed by atoms with van der Waals surface area (Å²) in [6, 6.07) is 5.85. The van der Waals surface area contributed by atoms with E-state index in [-0.39, 0.29) is 0 Å². The number of rotatable bonds is 4. The molecular formula is C17H17ClN6.